The number of hydrogen-bond acceptors (Lipinski definition) is 8. The molecule has 1 aliphatic heterocycles. The highest BCUT2D eigenvalue weighted by molar-refractivity contribution is 7.98. The summed E-state index contributed by atoms with van der Waals surface area (Å²) >= 11 is 1.48. The van der Waals surface area contributed by atoms with Crippen LogP contribution in [0.4, 0.5) is 5.69 Å². The van der Waals surface area contributed by atoms with Crippen molar-refractivity contribution in [1.29, 1.82) is 0 Å². The van der Waals surface area contributed by atoms with E-state index in [2.05, 4.69) is 15.5 Å². The lowest BCUT2D eigenvalue weighted by atomic mass is 9.96. The molecule has 0 unspecified atom stereocenters. The quantitative estimate of drug-likeness (QED) is 0.444. The number of tetrazole rings is 1. The van der Waals surface area contributed by atoms with Gasteiger partial charge in [-0.3, -0.25) is 10.1 Å². The minimum Gasteiger partial charge on any atom is -0.467 e. The minimum atomic E-state index is -0.394. The Morgan fingerprint density at radius 2 is 2.15 bits per heavy atom. The Morgan fingerprint density at radius 3 is 2.96 bits per heavy atom. The van der Waals surface area contributed by atoms with E-state index in [1.54, 1.807) is 6.07 Å². The van der Waals surface area contributed by atoms with Gasteiger partial charge in [0.2, 0.25) is 5.16 Å². The van der Waals surface area contributed by atoms with Crippen molar-refractivity contribution < 1.29 is 14.4 Å². The van der Waals surface area contributed by atoms with E-state index in [4.69, 9.17) is 9.47 Å². The minimum absolute atomic E-state index is 0.0420. The van der Waals surface area contributed by atoms with Crippen LogP contribution in [0.15, 0.2) is 17.3 Å². The summed E-state index contributed by atoms with van der Waals surface area (Å²) in [6.45, 7) is 0.469. The number of thioether (sulfide) groups is 1. The van der Waals surface area contributed by atoms with Gasteiger partial charge < -0.3 is 9.47 Å². The Bertz CT molecular complexity index is 806. The molecular formula is C16H19N5O4S. The maximum absolute atomic E-state index is 11.2. The summed E-state index contributed by atoms with van der Waals surface area (Å²) in [4.78, 5) is 10.8. The molecule has 0 saturated heterocycles. The van der Waals surface area contributed by atoms with Crippen LogP contribution in [0.5, 0.6) is 5.75 Å². The molecule has 2 heterocycles. The van der Waals surface area contributed by atoms with Crippen molar-refractivity contribution in [3.63, 3.8) is 0 Å². The van der Waals surface area contributed by atoms with Crippen LogP contribution in [0.2, 0.25) is 0 Å². The third kappa shape index (κ3) is 3.51. The fourth-order valence-corrected chi connectivity index (χ4v) is 4.38. The summed E-state index contributed by atoms with van der Waals surface area (Å²) in [7, 11) is 0. The normalized spacial score (nSPS) is 17.5. The summed E-state index contributed by atoms with van der Waals surface area (Å²) in [6, 6.07) is 3.41. The van der Waals surface area contributed by atoms with Gasteiger partial charge in [0.05, 0.1) is 17.6 Å². The van der Waals surface area contributed by atoms with Gasteiger partial charge in [-0.2, -0.15) is 0 Å². The van der Waals surface area contributed by atoms with Crippen molar-refractivity contribution >= 4 is 17.4 Å². The van der Waals surface area contributed by atoms with Gasteiger partial charge in [-0.1, -0.05) is 31.0 Å². The largest absolute Gasteiger partial charge is 0.467 e. The fraction of sp³-hybridized carbons (Fsp3) is 0.562. The van der Waals surface area contributed by atoms with E-state index in [0.717, 1.165) is 23.6 Å². The highest BCUT2D eigenvalue weighted by Crippen LogP contribution is 2.37. The van der Waals surface area contributed by atoms with Gasteiger partial charge in [0.1, 0.15) is 5.75 Å². The Labute approximate surface area is 154 Å². The number of rotatable bonds is 5. The molecule has 1 aromatic carbocycles. The molecule has 1 fully saturated rings. The lowest BCUT2D eigenvalue weighted by molar-refractivity contribution is -0.385. The van der Waals surface area contributed by atoms with E-state index in [0.29, 0.717) is 29.7 Å². The lowest BCUT2D eigenvalue weighted by Gasteiger charge is -2.22. The van der Waals surface area contributed by atoms with Gasteiger partial charge in [-0.05, 0) is 23.3 Å². The molecular weight excluding hydrogens is 358 g/mol. The van der Waals surface area contributed by atoms with Crippen LogP contribution in [0, 0.1) is 10.1 Å². The van der Waals surface area contributed by atoms with E-state index in [-0.39, 0.29) is 12.5 Å². The second-order valence-electron chi connectivity index (χ2n) is 6.45. The van der Waals surface area contributed by atoms with Crippen molar-refractivity contribution in [3.05, 3.63) is 33.4 Å². The van der Waals surface area contributed by atoms with Crippen LogP contribution >= 0.6 is 11.8 Å². The van der Waals surface area contributed by atoms with E-state index >= 15 is 0 Å². The highest BCUT2D eigenvalue weighted by Gasteiger charge is 2.23. The predicted molar refractivity (Wildman–Crippen MR) is 92.9 cm³/mol. The first-order chi connectivity index (χ1) is 12.7. The summed E-state index contributed by atoms with van der Waals surface area (Å²) in [5, 5.41) is 24.1. The standard InChI is InChI=1S/C16H19N5O4S/c22-21(23)14-6-11-8-24-10-25-15(11)12(7-14)9-26-16-17-18-19-20(16)13-4-2-1-3-5-13/h6-7,13H,1-5,8-10H2. The van der Waals surface area contributed by atoms with Crippen molar-refractivity contribution in [3.8, 4) is 5.75 Å². The molecule has 0 amide bonds. The van der Waals surface area contributed by atoms with Crippen molar-refractivity contribution in [2.24, 2.45) is 0 Å². The topological polar surface area (TPSA) is 105 Å². The molecule has 138 valence electrons. The van der Waals surface area contributed by atoms with Gasteiger partial charge in [0, 0.05) is 29.0 Å². The van der Waals surface area contributed by atoms with Crippen molar-refractivity contribution in [2.75, 3.05) is 6.79 Å². The molecule has 0 radical (unpaired) electrons. The molecule has 26 heavy (non-hydrogen) atoms. The number of fused-ring (bicyclic) bond motifs is 1. The van der Waals surface area contributed by atoms with Crippen LogP contribution in [-0.2, 0) is 17.1 Å². The van der Waals surface area contributed by atoms with Crippen molar-refractivity contribution in [1.82, 2.24) is 20.2 Å². The molecule has 0 spiro atoms. The first kappa shape index (κ1) is 17.2. The fourth-order valence-electron chi connectivity index (χ4n) is 3.47. The monoisotopic (exact) mass is 377 g/mol. The lowest BCUT2D eigenvalue weighted by Crippen LogP contribution is -2.15. The second kappa shape index (κ2) is 7.58. The zero-order chi connectivity index (χ0) is 17.9. The zero-order valence-electron chi connectivity index (χ0n) is 14.2. The van der Waals surface area contributed by atoms with Gasteiger partial charge in [-0.25, -0.2) is 4.68 Å². The molecule has 10 heteroatoms. The van der Waals surface area contributed by atoms with Crippen LogP contribution in [0.25, 0.3) is 0 Å². The average Bonchev–Trinajstić information content (AvgIpc) is 3.15. The molecule has 0 atom stereocenters. The van der Waals surface area contributed by atoms with E-state index in [1.165, 1.54) is 37.1 Å². The molecule has 0 bridgehead atoms. The maximum Gasteiger partial charge on any atom is 0.270 e. The van der Waals surface area contributed by atoms with Crippen LogP contribution in [0.1, 0.15) is 49.3 Å². The number of hydrogen-bond donors (Lipinski definition) is 0. The van der Waals surface area contributed by atoms with Crippen molar-refractivity contribution in [2.45, 2.75) is 55.7 Å². The van der Waals surface area contributed by atoms with Crippen LogP contribution in [-0.4, -0.2) is 31.9 Å². The van der Waals surface area contributed by atoms with E-state index in [1.807, 2.05) is 4.68 Å². The molecule has 9 nitrogen and oxygen atoms in total. The summed E-state index contributed by atoms with van der Waals surface area (Å²) in [5.74, 6) is 1.17. The number of non-ortho nitro benzene ring substituents is 1. The summed E-state index contributed by atoms with van der Waals surface area (Å²) in [6.07, 6.45) is 5.83. The van der Waals surface area contributed by atoms with E-state index in [9.17, 15) is 10.1 Å². The molecule has 2 aromatic rings. The number of nitrogens with zero attached hydrogens (tertiary/aromatic N) is 5. The third-order valence-electron chi connectivity index (χ3n) is 4.72. The van der Waals surface area contributed by atoms with Gasteiger partial charge >= 0.3 is 0 Å². The Morgan fingerprint density at radius 1 is 1.31 bits per heavy atom. The SMILES string of the molecule is O=[N+]([O-])c1cc2c(c(CSc3nnnn3C3CCCCC3)c1)OCOC2. The first-order valence-corrected chi connectivity index (χ1v) is 9.62. The van der Waals surface area contributed by atoms with Crippen LogP contribution in [0.3, 0.4) is 0 Å². The Balaban J connectivity index is 1.56. The van der Waals surface area contributed by atoms with Gasteiger partial charge in [-0.15, -0.1) is 5.10 Å². The summed E-state index contributed by atoms with van der Waals surface area (Å²) in [5.41, 5.74) is 1.51. The maximum atomic E-state index is 11.2. The highest BCUT2D eigenvalue weighted by atomic mass is 32.2. The third-order valence-corrected chi connectivity index (χ3v) is 5.70. The zero-order valence-corrected chi connectivity index (χ0v) is 15.0. The second-order valence-corrected chi connectivity index (χ2v) is 7.39. The Hall–Kier alpha value is -2.20. The number of nitro benzene ring substituents is 1. The summed E-state index contributed by atoms with van der Waals surface area (Å²) < 4.78 is 12.7. The number of ether oxygens (including phenoxy) is 2. The predicted octanol–water partition coefficient (Wildman–Crippen LogP) is 3.25. The molecule has 1 aliphatic carbocycles. The Kier molecular flexibility index (Phi) is 5.02. The van der Waals surface area contributed by atoms with E-state index < -0.39 is 4.92 Å². The molecule has 2 aliphatic rings. The number of nitro groups is 1. The number of aromatic nitrogens is 4. The smallest absolute Gasteiger partial charge is 0.270 e. The molecule has 1 saturated carbocycles. The van der Waals surface area contributed by atoms with Crippen LogP contribution < -0.4 is 4.74 Å². The average molecular weight is 377 g/mol. The molecule has 4 rings (SSSR count). The molecule has 1 aromatic heterocycles. The number of benzene rings is 1. The molecule has 0 N–H and O–H groups in total. The van der Waals surface area contributed by atoms with Gasteiger partial charge in [0.15, 0.2) is 6.79 Å². The van der Waals surface area contributed by atoms with Gasteiger partial charge in [0.25, 0.3) is 5.69 Å². The first-order valence-electron chi connectivity index (χ1n) is 8.64.